The third kappa shape index (κ3) is 6.34. The Bertz CT molecular complexity index is 953. The molecule has 4 nitrogen and oxygen atoms in total. The van der Waals surface area contributed by atoms with Gasteiger partial charge in [-0.15, -0.1) is 0 Å². The van der Waals surface area contributed by atoms with Crippen LogP contribution < -0.4 is 5.32 Å². The average Bonchev–Trinajstić information content (AvgIpc) is 2.76. The molecule has 0 aromatic heterocycles. The van der Waals surface area contributed by atoms with Crippen molar-refractivity contribution in [3.05, 3.63) is 82.7 Å². The smallest absolute Gasteiger partial charge is 0.251 e. The van der Waals surface area contributed by atoms with Gasteiger partial charge in [0.25, 0.3) is 5.91 Å². The summed E-state index contributed by atoms with van der Waals surface area (Å²) in [5, 5.41) is 12.6. The number of Topliss-reactive ketones (excluding diaryl/α,β-unsaturated/α-hetero) is 1. The van der Waals surface area contributed by atoms with Gasteiger partial charge in [0.2, 0.25) is 0 Å². The van der Waals surface area contributed by atoms with E-state index in [-0.39, 0.29) is 30.0 Å². The number of fused-ring (bicyclic) bond motifs is 4. The van der Waals surface area contributed by atoms with Gasteiger partial charge in [-0.3, -0.25) is 9.59 Å². The first-order valence-corrected chi connectivity index (χ1v) is 11.0. The standard InChI is InChI=1S/C26H30FNO3/c1-2-7-20-9-5-3-4-8-18-12-19(14-23(27)13-18)15-24(17-29)28-26(31)22-11-6-10-21(16-22)25(20)30/h3,5-6,10-14,16,20,24,29H,2,4,7-9,15,17H2,1H3,(H,28,31)/b5-3+. The SMILES string of the molecule is CCCC1C/C=C/CCc2cc(F)cc(c2)CC(CO)NC(=O)c2cccc(c2)C1=O. The van der Waals surface area contributed by atoms with Crippen LogP contribution in [0.1, 0.15) is 64.4 Å². The van der Waals surface area contributed by atoms with Crippen LogP contribution >= 0.6 is 0 Å². The van der Waals surface area contributed by atoms with Gasteiger partial charge in [-0.2, -0.15) is 0 Å². The van der Waals surface area contributed by atoms with Gasteiger partial charge < -0.3 is 10.4 Å². The fourth-order valence-electron chi connectivity index (χ4n) is 4.08. The fourth-order valence-corrected chi connectivity index (χ4v) is 4.08. The Labute approximate surface area is 183 Å². The molecule has 2 aromatic carbocycles. The van der Waals surface area contributed by atoms with Crippen LogP contribution in [0.5, 0.6) is 0 Å². The van der Waals surface area contributed by atoms with Crippen molar-refractivity contribution in [2.45, 2.75) is 51.5 Å². The molecular weight excluding hydrogens is 393 g/mol. The lowest BCUT2D eigenvalue weighted by Gasteiger charge is -2.18. The minimum Gasteiger partial charge on any atom is -0.394 e. The van der Waals surface area contributed by atoms with Crippen LogP contribution in [0.15, 0.2) is 54.6 Å². The molecule has 0 saturated heterocycles. The van der Waals surface area contributed by atoms with Crippen molar-refractivity contribution >= 4 is 11.7 Å². The molecule has 0 spiro atoms. The largest absolute Gasteiger partial charge is 0.394 e. The molecule has 31 heavy (non-hydrogen) atoms. The third-order valence-electron chi connectivity index (χ3n) is 5.66. The molecule has 2 atom stereocenters. The van der Waals surface area contributed by atoms with Crippen LogP contribution in [0.2, 0.25) is 0 Å². The summed E-state index contributed by atoms with van der Waals surface area (Å²) >= 11 is 0. The van der Waals surface area contributed by atoms with Crippen LogP contribution in [0.25, 0.3) is 0 Å². The van der Waals surface area contributed by atoms with Crippen molar-refractivity contribution in [3.8, 4) is 0 Å². The number of nitrogens with one attached hydrogen (secondary N) is 1. The molecule has 2 N–H and O–H groups in total. The van der Waals surface area contributed by atoms with E-state index in [1.165, 1.54) is 12.1 Å². The summed E-state index contributed by atoms with van der Waals surface area (Å²) < 4.78 is 14.1. The number of benzene rings is 2. The lowest BCUT2D eigenvalue weighted by Crippen LogP contribution is -2.39. The van der Waals surface area contributed by atoms with E-state index in [2.05, 4.69) is 18.3 Å². The van der Waals surface area contributed by atoms with E-state index in [1.807, 2.05) is 12.1 Å². The van der Waals surface area contributed by atoms with Crippen LogP contribution in [0.3, 0.4) is 0 Å². The molecule has 2 aromatic rings. The first-order chi connectivity index (χ1) is 15.0. The molecule has 0 aliphatic carbocycles. The molecule has 1 amide bonds. The number of aryl methyl sites for hydroxylation is 1. The predicted molar refractivity (Wildman–Crippen MR) is 120 cm³/mol. The van der Waals surface area contributed by atoms with Gasteiger partial charge in [0.05, 0.1) is 12.6 Å². The minimum atomic E-state index is -0.551. The number of carbonyl (C=O) groups excluding carboxylic acids is 2. The second-order valence-corrected chi connectivity index (χ2v) is 8.20. The molecule has 1 aliphatic heterocycles. The van der Waals surface area contributed by atoms with E-state index in [0.717, 1.165) is 30.4 Å². The number of ketones is 1. The van der Waals surface area contributed by atoms with Crippen LogP contribution in [-0.2, 0) is 12.8 Å². The van der Waals surface area contributed by atoms with Crippen LogP contribution in [-0.4, -0.2) is 29.4 Å². The Kier molecular flexibility index (Phi) is 8.13. The van der Waals surface area contributed by atoms with E-state index in [9.17, 15) is 19.1 Å². The molecule has 5 heteroatoms. The Balaban J connectivity index is 1.95. The van der Waals surface area contributed by atoms with Gasteiger partial charge >= 0.3 is 0 Å². The van der Waals surface area contributed by atoms with E-state index in [0.29, 0.717) is 30.4 Å². The Morgan fingerprint density at radius 1 is 1.06 bits per heavy atom. The van der Waals surface area contributed by atoms with Gasteiger partial charge in [0, 0.05) is 17.0 Å². The van der Waals surface area contributed by atoms with E-state index in [1.54, 1.807) is 24.3 Å². The predicted octanol–water partition coefficient (Wildman–Crippen LogP) is 4.65. The number of allylic oxidation sites excluding steroid dienone is 2. The van der Waals surface area contributed by atoms with Crippen molar-refractivity contribution in [1.82, 2.24) is 5.32 Å². The maximum Gasteiger partial charge on any atom is 0.251 e. The van der Waals surface area contributed by atoms with Gasteiger partial charge in [0.1, 0.15) is 5.82 Å². The first kappa shape index (κ1) is 22.9. The lowest BCUT2D eigenvalue weighted by atomic mass is 9.89. The molecule has 0 radical (unpaired) electrons. The third-order valence-corrected chi connectivity index (χ3v) is 5.66. The molecular formula is C26H30FNO3. The van der Waals surface area contributed by atoms with Crippen molar-refractivity contribution in [3.63, 3.8) is 0 Å². The fraction of sp³-hybridized carbons (Fsp3) is 0.385. The highest BCUT2D eigenvalue weighted by Crippen LogP contribution is 2.21. The molecule has 2 unspecified atom stereocenters. The summed E-state index contributed by atoms with van der Waals surface area (Å²) in [5.41, 5.74) is 2.51. The van der Waals surface area contributed by atoms with E-state index < -0.39 is 6.04 Å². The maximum absolute atomic E-state index is 14.1. The average molecular weight is 424 g/mol. The molecule has 1 heterocycles. The summed E-state index contributed by atoms with van der Waals surface area (Å²) in [4.78, 5) is 25.9. The van der Waals surface area contributed by atoms with Gasteiger partial charge in [-0.25, -0.2) is 4.39 Å². The number of halogens is 1. The highest BCUT2D eigenvalue weighted by atomic mass is 19.1. The van der Waals surface area contributed by atoms with Crippen LogP contribution in [0, 0.1) is 11.7 Å². The minimum absolute atomic E-state index is 0.0397. The Morgan fingerprint density at radius 2 is 1.84 bits per heavy atom. The highest BCUT2D eigenvalue weighted by Gasteiger charge is 2.20. The van der Waals surface area contributed by atoms with E-state index >= 15 is 0 Å². The maximum atomic E-state index is 14.1. The molecule has 3 rings (SSSR count). The first-order valence-electron chi connectivity index (χ1n) is 11.0. The summed E-state index contributed by atoms with van der Waals surface area (Å²) in [6.07, 6.45) is 8.17. The second-order valence-electron chi connectivity index (χ2n) is 8.20. The van der Waals surface area contributed by atoms with Gasteiger partial charge in [0.15, 0.2) is 5.78 Å². The van der Waals surface area contributed by atoms with Crippen molar-refractivity contribution in [2.75, 3.05) is 6.61 Å². The molecule has 1 aliphatic rings. The molecule has 4 bridgehead atoms. The zero-order valence-electron chi connectivity index (χ0n) is 17.9. The second kappa shape index (κ2) is 11.0. The number of hydrogen-bond acceptors (Lipinski definition) is 3. The van der Waals surface area contributed by atoms with Crippen molar-refractivity contribution in [1.29, 1.82) is 0 Å². The summed E-state index contributed by atoms with van der Waals surface area (Å²) in [6.45, 7) is 1.79. The number of aliphatic hydroxyl groups is 1. The zero-order valence-corrected chi connectivity index (χ0v) is 17.9. The topological polar surface area (TPSA) is 66.4 Å². The van der Waals surface area contributed by atoms with Gasteiger partial charge in [-0.1, -0.05) is 43.7 Å². The highest BCUT2D eigenvalue weighted by molar-refractivity contribution is 6.01. The van der Waals surface area contributed by atoms with E-state index in [4.69, 9.17) is 0 Å². The zero-order chi connectivity index (χ0) is 22.2. The van der Waals surface area contributed by atoms with Crippen LogP contribution in [0.4, 0.5) is 4.39 Å². The normalized spacial score (nSPS) is 21.3. The summed E-state index contributed by atoms with van der Waals surface area (Å²) in [5.74, 6) is -0.778. The molecule has 0 fully saturated rings. The Hall–Kier alpha value is -2.79. The quantitative estimate of drug-likeness (QED) is 0.706. The number of carbonyl (C=O) groups is 2. The number of rotatable bonds is 3. The number of aliphatic hydroxyl groups excluding tert-OH is 1. The van der Waals surface area contributed by atoms with Crippen molar-refractivity contribution in [2.24, 2.45) is 5.92 Å². The Morgan fingerprint density at radius 3 is 2.61 bits per heavy atom. The monoisotopic (exact) mass is 423 g/mol. The molecule has 0 saturated carbocycles. The number of hydrogen-bond donors (Lipinski definition) is 2. The molecule has 164 valence electrons. The van der Waals surface area contributed by atoms with Crippen molar-refractivity contribution < 1.29 is 19.1 Å². The summed E-state index contributed by atoms with van der Waals surface area (Å²) in [7, 11) is 0. The lowest BCUT2D eigenvalue weighted by molar-refractivity contribution is 0.0913. The number of amides is 1. The summed E-state index contributed by atoms with van der Waals surface area (Å²) in [6, 6.07) is 11.1. The van der Waals surface area contributed by atoms with Gasteiger partial charge in [-0.05, 0) is 67.5 Å².